The van der Waals surface area contributed by atoms with Gasteiger partial charge in [0.2, 0.25) is 0 Å². The Morgan fingerprint density at radius 1 is 0.248 bits per heavy atom. The summed E-state index contributed by atoms with van der Waals surface area (Å²) in [7, 11) is -9.93. The van der Waals surface area contributed by atoms with Crippen LogP contribution in [0.2, 0.25) is 0 Å². The molecule has 109 heavy (non-hydrogen) atoms. The van der Waals surface area contributed by atoms with Crippen LogP contribution in [0.1, 0.15) is 490 Å². The van der Waals surface area contributed by atoms with Crippen LogP contribution in [0.25, 0.3) is 0 Å². The number of rotatable bonds is 90. The molecular weight excluding hydrogens is 1410 g/mol. The third-order valence-corrected chi connectivity index (χ3v) is 23.2. The molecule has 0 aliphatic heterocycles. The number of hydrogen-bond donors (Lipinski definition) is 3. The molecule has 0 aromatic heterocycles. The predicted octanol–water partition coefficient (Wildman–Crippen LogP) is 27.9. The Bertz CT molecular complexity index is 2070. The van der Waals surface area contributed by atoms with Crippen molar-refractivity contribution in [3.05, 3.63) is 0 Å². The Hall–Kier alpha value is -1.94. The first kappa shape index (κ1) is 107. The summed E-state index contributed by atoms with van der Waals surface area (Å²) in [6, 6.07) is 0. The van der Waals surface area contributed by atoms with E-state index >= 15 is 0 Å². The van der Waals surface area contributed by atoms with Crippen molar-refractivity contribution in [2.45, 2.75) is 509 Å². The van der Waals surface area contributed by atoms with Crippen molar-refractivity contribution in [3.63, 3.8) is 0 Å². The maximum absolute atomic E-state index is 13.2. The van der Waals surface area contributed by atoms with Crippen molar-refractivity contribution in [3.8, 4) is 0 Å². The third kappa shape index (κ3) is 83.8. The summed E-state index contributed by atoms with van der Waals surface area (Å²) in [4.78, 5) is 73.4. The van der Waals surface area contributed by atoms with Crippen LogP contribution in [-0.4, -0.2) is 96.7 Å². The molecule has 0 fully saturated rings. The topological polar surface area (TPSA) is 237 Å². The second-order valence-electron chi connectivity index (χ2n) is 32.8. The van der Waals surface area contributed by atoms with Gasteiger partial charge in [-0.25, -0.2) is 9.13 Å². The molecule has 0 aliphatic rings. The number of ether oxygens (including phenoxy) is 4. The number of carbonyl (C=O) groups excluding carboxylic acids is 4. The minimum atomic E-state index is -4.97. The zero-order chi connectivity index (χ0) is 79.7. The molecule has 0 heterocycles. The van der Waals surface area contributed by atoms with Crippen LogP contribution in [0, 0.1) is 5.92 Å². The minimum absolute atomic E-state index is 0.109. The van der Waals surface area contributed by atoms with E-state index in [4.69, 9.17) is 37.0 Å². The second kappa shape index (κ2) is 82.6. The lowest BCUT2D eigenvalue weighted by atomic mass is 10.0. The summed E-state index contributed by atoms with van der Waals surface area (Å²) >= 11 is 0. The van der Waals surface area contributed by atoms with Crippen LogP contribution < -0.4 is 0 Å². The average molecular weight is 1590 g/mol. The molecule has 648 valence electrons. The van der Waals surface area contributed by atoms with Crippen molar-refractivity contribution < 1.29 is 80.2 Å². The predicted molar refractivity (Wildman–Crippen MR) is 451 cm³/mol. The van der Waals surface area contributed by atoms with E-state index < -0.39 is 97.5 Å². The second-order valence-corrected chi connectivity index (χ2v) is 35.7. The van der Waals surface area contributed by atoms with Gasteiger partial charge in [0.05, 0.1) is 26.4 Å². The van der Waals surface area contributed by atoms with Crippen LogP contribution in [0.15, 0.2) is 0 Å². The molecule has 0 saturated heterocycles. The van der Waals surface area contributed by atoms with Crippen LogP contribution in [0.3, 0.4) is 0 Å². The summed E-state index contributed by atoms with van der Waals surface area (Å²) in [5.74, 6) is -1.27. The van der Waals surface area contributed by atoms with Crippen LogP contribution in [0.4, 0.5) is 0 Å². The smallest absolute Gasteiger partial charge is 0.462 e. The first-order chi connectivity index (χ1) is 53.0. The highest BCUT2D eigenvalue weighted by Crippen LogP contribution is 2.45. The normalized spacial score (nSPS) is 13.7. The van der Waals surface area contributed by atoms with Gasteiger partial charge in [0.1, 0.15) is 19.3 Å². The molecule has 2 unspecified atom stereocenters. The van der Waals surface area contributed by atoms with Crippen molar-refractivity contribution in [2.24, 2.45) is 5.92 Å². The van der Waals surface area contributed by atoms with E-state index in [-0.39, 0.29) is 25.7 Å². The van der Waals surface area contributed by atoms with E-state index in [2.05, 4.69) is 34.6 Å². The van der Waals surface area contributed by atoms with Gasteiger partial charge in [0.25, 0.3) is 0 Å². The van der Waals surface area contributed by atoms with Gasteiger partial charge < -0.3 is 33.8 Å². The van der Waals surface area contributed by atoms with Gasteiger partial charge in [-0.3, -0.25) is 37.3 Å². The molecule has 17 nitrogen and oxygen atoms in total. The monoisotopic (exact) mass is 1590 g/mol. The maximum Gasteiger partial charge on any atom is 0.472 e. The zero-order valence-corrected chi connectivity index (χ0v) is 73.5. The summed E-state index contributed by atoms with van der Waals surface area (Å²) in [6.07, 6.45) is 77.7. The molecule has 0 saturated carbocycles. The molecule has 3 N–H and O–H groups in total. The van der Waals surface area contributed by atoms with Crippen molar-refractivity contribution in [1.29, 1.82) is 0 Å². The summed E-state index contributed by atoms with van der Waals surface area (Å²) < 4.78 is 69.1. The highest BCUT2D eigenvalue weighted by atomic mass is 31.2. The molecule has 0 aromatic carbocycles. The number of carbonyl (C=O) groups is 4. The molecule has 0 aliphatic carbocycles. The summed E-state index contributed by atoms with van der Waals surface area (Å²) in [5, 5.41) is 10.7. The number of hydrogen-bond acceptors (Lipinski definition) is 15. The molecule has 0 spiro atoms. The van der Waals surface area contributed by atoms with Crippen LogP contribution >= 0.6 is 15.6 Å². The molecule has 0 radical (unpaired) electrons. The maximum atomic E-state index is 13.2. The Balaban J connectivity index is 5.25. The Morgan fingerprint density at radius 2 is 0.422 bits per heavy atom. The minimum Gasteiger partial charge on any atom is -0.462 e. The first-order valence-electron chi connectivity index (χ1n) is 46.6. The van der Waals surface area contributed by atoms with Gasteiger partial charge >= 0.3 is 39.5 Å². The Morgan fingerprint density at radius 3 is 0.624 bits per heavy atom. The molecule has 0 amide bonds. The van der Waals surface area contributed by atoms with Gasteiger partial charge in [-0.2, -0.15) is 0 Å². The average Bonchev–Trinajstić information content (AvgIpc) is 0.906. The van der Waals surface area contributed by atoms with Gasteiger partial charge in [-0.1, -0.05) is 439 Å². The van der Waals surface area contributed by atoms with Crippen molar-refractivity contribution in [1.82, 2.24) is 0 Å². The highest BCUT2D eigenvalue weighted by molar-refractivity contribution is 7.47. The number of phosphoric acid groups is 2. The third-order valence-electron chi connectivity index (χ3n) is 21.3. The highest BCUT2D eigenvalue weighted by Gasteiger charge is 2.31. The fourth-order valence-electron chi connectivity index (χ4n) is 14.2. The largest absolute Gasteiger partial charge is 0.472 e. The quantitative estimate of drug-likeness (QED) is 0.0222. The molecule has 19 heteroatoms. The van der Waals surface area contributed by atoms with E-state index in [1.165, 1.54) is 315 Å². The van der Waals surface area contributed by atoms with E-state index in [1.807, 2.05) is 0 Å². The first-order valence-corrected chi connectivity index (χ1v) is 49.6. The molecule has 0 bridgehead atoms. The van der Waals surface area contributed by atoms with Crippen molar-refractivity contribution >= 4 is 39.5 Å². The van der Waals surface area contributed by atoms with Crippen molar-refractivity contribution in [2.75, 3.05) is 39.6 Å². The lowest BCUT2D eigenvalue weighted by molar-refractivity contribution is -0.161. The van der Waals surface area contributed by atoms with Gasteiger partial charge in [-0.15, -0.1) is 0 Å². The number of aliphatic hydroxyl groups excluding tert-OH is 1. The molecule has 0 rings (SSSR count). The SMILES string of the molecule is CCCCCCCCCCCCCCCCCCCCCCC(=O)OC[C@H](COP(=O)(O)OC[C@@H](O)COP(=O)(O)OC[C@@H](COC(=O)CCCCCCCCCCCCCCC)OC(=O)CCCCCCCCCCCCCCCCC)OC(=O)CCCCCCCCCCCCCCCCCCCCC(C)C. The Kier molecular flexibility index (Phi) is 81.1. The van der Waals surface area contributed by atoms with E-state index in [1.54, 1.807) is 0 Å². The standard InChI is InChI=1S/C90H176O17P2/c1-6-9-12-15-18-21-24-27-29-30-31-32-36-40-44-49-54-59-64-69-74-88(93)101-80-86(107-90(95)76-71-66-61-56-51-46-41-37-34-33-35-39-43-47-52-57-62-67-72-83(4)5)82-105-109(98,99)103-78-84(91)77-102-108(96,97)104-81-85(79-100-87(92)73-68-63-58-53-48-42-26-23-20-17-14-11-8-3)106-89(94)75-70-65-60-55-50-45-38-28-25-22-19-16-13-10-7-2/h83-86,91H,6-82H2,1-5H3,(H,96,97)(H,98,99)/t84-,85+,86+/m0/s1. The number of unbranched alkanes of at least 4 members (excludes halogenated alkanes) is 62. The van der Waals surface area contributed by atoms with Gasteiger partial charge in [0.15, 0.2) is 12.2 Å². The number of phosphoric ester groups is 2. The number of aliphatic hydroxyl groups is 1. The lowest BCUT2D eigenvalue weighted by Crippen LogP contribution is -2.30. The summed E-state index contributed by atoms with van der Waals surface area (Å²) in [5.41, 5.74) is 0. The van der Waals surface area contributed by atoms with Crippen LogP contribution in [-0.2, 0) is 65.4 Å². The van der Waals surface area contributed by atoms with Gasteiger partial charge in [0, 0.05) is 25.7 Å². The lowest BCUT2D eigenvalue weighted by Gasteiger charge is -2.21. The molecule has 5 atom stereocenters. The van der Waals surface area contributed by atoms with Gasteiger partial charge in [-0.05, 0) is 31.6 Å². The fraction of sp³-hybridized carbons (Fsp3) is 0.956. The Labute approximate surface area is 670 Å². The van der Waals surface area contributed by atoms with E-state index in [9.17, 15) is 43.2 Å². The zero-order valence-electron chi connectivity index (χ0n) is 71.7. The fourth-order valence-corrected chi connectivity index (χ4v) is 15.8. The molecular formula is C90H176O17P2. The van der Waals surface area contributed by atoms with E-state index in [0.717, 1.165) is 95.8 Å². The molecule has 0 aromatic rings. The van der Waals surface area contributed by atoms with E-state index in [0.29, 0.717) is 25.7 Å². The summed E-state index contributed by atoms with van der Waals surface area (Å²) in [6.45, 7) is 7.43. The van der Waals surface area contributed by atoms with Crippen LogP contribution in [0.5, 0.6) is 0 Å². The number of esters is 4.